The Hall–Kier alpha value is -4.87. The topological polar surface area (TPSA) is 80.9 Å². The number of nitrogens with two attached hydrogens (primary N) is 1. The Kier molecular flexibility index (Phi) is 20.9. The van der Waals surface area contributed by atoms with Gasteiger partial charge in [0.25, 0.3) is 0 Å². The molecule has 6 aromatic carbocycles. The van der Waals surface area contributed by atoms with Crippen LogP contribution in [0.1, 0.15) is 28.7 Å². The van der Waals surface area contributed by atoms with Crippen LogP contribution in [0.5, 0.6) is 0 Å². The van der Waals surface area contributed by atoms with Crippen LogP contribution in [-0.4, -0.2) is 24.7 Å². The van der Waals surface area contributed by atoms with Gasteiger partial charge in [0, 0.05) is 40.4 Å². The first-order valence-electron chi connectivity index (χ1n) is 18.9. The number of benzene rings is 6. The van der Waals surface area contributed by atoms with E-state index in [4.69, 9.17) is 5.73 Å². The van der Waals surface area contributed by atoms with Crippen molar-refractivity contribution in [2.45, 2.75) is 19.6 Å². The third kappa shape index (κ3) is 14.1. The third-order valence-electron chi connectivity index (χ3n) is 8.90. The number of carbonyl (C=O) groups is 1. The van der Waals surface area contributed by atoms with E-state index in [-0.39, 0.29) is 39.4 Å². The minimum Gasteiger partial charge on any atom is -1.00 e. The van der Waals surface area contributed by atoms with E-state index in [0.29, 0.717) is 12.2 Å². The van der Waals surface area contributed by atoms with E-state index in [0.717, 1.165) is 25.1 Å². The van der Waals surface area contributed by atoms with Crippen molar-refractivity contribution >= 4 is 62.4 Å². The number of aromatic nitrogens is 2. The molecule has 2 heterocycles. The van der Waals surface area contributed by atoms with Crippen molar-refractivity contribution in [2.75, 3.05) is 0 Å². The fourth-order valence-corrected chi connectivity index (χ4v) is 11.2. The number of nitrogens with one attached hydrogen (secondary N) is 1. The molecule has 287 valence electrons. The Bertz CT molecular complexity index is 2280. The van der Waals surface area contributed by atoms with Crippen LogP contribution in [-0.2, 0) is 19.6 Å². The summed E-state index contributed by atoms with van der Waals surface area (Å²) in [5, 5.41) is 11.8. The molecule has 0 aliphatic carbocycles. The van der Waals surface area contributed by atoms with Gasteiger partial charge < -0.3 is 12.5 Å². The smallest absolute Gasteiger partial charge is 1.00 e. The zero-order valence-electron chi connectivity index (χ0n) is 34.3. The van der Waals surface area contributed by atoms with Crippen LogP contribution < -0.4 is 72.4 Å². The molecule has 3 N–H and O–H groups in total. The van der Waals surface area contributed by atoms with Crippen molar-refractivity contribution in [3.63, 3.8) is 0 Å². The van der Waals surface area contributed by atoms with E-state index < -0.39 is 15.8 Å². The van der Waals surface area contributed by atoms with Crippen LogP contribution in [0.15, 0.2) is 219 Å². The Morgan fingerprint density at radius 1 is 0.475 bits per heavy atom. The van der Waals surface area contributed by atoms with Crippen molar-refractivity contribution < 1.29 is 35.8 Å². The monoisotopic (exact) mass is 815 g/mol. The summed E-state index contributed by atoms with van der Waals surface area (Å²) < 4.78 is 0. The van der Waals surface area contributed by atoms with Crippen molar-refractivity contribution in [3.05, 3.63) is 241 Å². The first kappa shape index (κ1) is 46.8. The molecule has 9 heteroatoms. The first-order chi connectivity index (χ1) is 28.2. The van der Waals surface area contributed by atoms with Crippen LogP contribution in [0.25, 0.3) is 0 Å². The minimum absolute atomic E-state index is 0. The van der Waals surface area contributed by atoms with Gasteiger partial charge in [-0.2, -0.15) is 0 Å². The van der Waals surface area contributed by atoms with E-state index in [9.17, 15) is 4.79 Å². The Labute approximate surface area is 377 Å². The van der Waals surface area contributed by atoms with Gasteiger partial charge in [-0.1, -0.05) is 182 Å². The van der Waals surface area contributed by atoms with Gasteiger partial charge in [0.15, 0.2) is 6.29 Å². The molecule has 0 aliphatic rings. The van der Waals surface area contributed by atoms with Crippen LogP contribution in [0, 0.1) is 0 Å². The largest absolute Gasteiger partial charge is 1.00 e. The number of nitrogens with zero attached hydrogens (tertiary/aromatic N) is 2. The molecule has 0 atom stereocenters. The van der Waals surface area contributed by atoms with Crippen LogP contribution in [0.2, 0.25) is 0 Å². The summed E-state index contributed by atoms with van der Waals surface area (Å²) in [5.41, 5.74) is 10.1. The van der Waals surface area contributed by atoms with E-state index in [2.05, 4.69) is 191 Å². The molecule has 0 saturated carbocycles. The standard InChI is InChI=1S/C25H23N2P.C19H18NP.C6H5NO.B.Na.H/c1-3-13-23(14-4-1)28(24-15-5-2-6-16-24)25-17-8-7-11-21(25)19-26-20-22-12-9-10-18-27-22;20-15-16-9-7-8-14-19(16)21(17-10-3-1-4-11-17)18-12-5-2-6-13-18;8-5-6-3-1-2-4-7-6;;;/h1-18,26H,19-20H2;1-14H,15,20H2;1-5H;;;/q;;;;+1;-1. The summed E-state index contributed by atoms with van der Waals surface area (Å²) in [6, 6.07) is 71.7. The molecule has 5 nitrogen and oxygen atoms in total. The quantitative estimate of drug-likeness (QED) is 0.107. The first-order valence-corrected chi connectivity index (χ1v) is 21.6. The van der Waals surface area contributed by atoms with Crippen molar-refractivity contribution in [2.24, 2.45) is 5.73 Å². The second kappa shape index (κ2) is 26.3. The van der Waals surface area contributed by atoms with Crippen molar-refractivity contribution in [1.82, 2.24) is 15.3 Å². The van der Waals surface area contributed by atoms with E-state index in [1.54, 1.807) is 24.4 Å². The molecule has 0 saturated heterocycles. The molecule has 0 amide bonds. The Morgan fingerprint density at radius 2 is 0.864 bits per heavy atom. The van der Waals surface area contributed by atoms with Crippen LogP contribution in [0.3, 0.4) is 0 Å². The number of aldehydes is 1. The molecule has 8 aromatic rings. The molecule has 0 spiro atoms. The number of carbonyl (C=O) groups excluding carboxylic acids is 1. The number of rotatable bonds is 12. The molecule has 0 unspecified atom stereocenters. The zero-order valence-corrected chi connectivity index (χ0v) is 37.1. The molecule has 59 heavy (non-hydrogen) atoms. The number of pyridine rings is 2. The van der Waals surface area contributed by atoms with Gasteiger partial charge in [0.2, 0.25) is 0 Å². The normalized spacial score (nSPS) is 10.2. The number of hydrogen-bond acceptors (Lipinski definition) is 5. The van der Waals surface area contributed by atoms with E-state index >= 15 is 0 Å². The maximum Gasteiger partial charge on any atom is 1.00 e. The SMILES string of the molecule is NCc1ccccc1P(c1ccccc1)c1ccccc1.O=Cc1ccccn1.[B].[H-].[Na+].c1ccc(P(c2ccccc2)c2ccccc2CNCc2ccccn2)cc1. The predicted octanol–water partition coefficient (Wildman–Crippen LogP) is 4.66. The average molecular weight is 816 g/mol. The molecular weight excluding hydrogens is 768 g/mol. The van der Waals surface area contributed by atoms with Crippen molar-refractivity contribution in [1.29, 1.82) is 0 Å². The molecule has 8 rings (SSSR count). The summed E-state index contributed by atoms with van der Waals surface area (Å²) in [6.45, 7) is 2.17. The van der Waals surface area contributed by atoms with Gasteiger partial charge in [-0.15, -0.1) is 0 Å². The summed E-state index contributed by atoms with van der Waals surface area (Å²) in [6.07, 6.45) is 4.15. The van der Waals surface area contributed by atoms with Gasteiger partial charge in [-0.3, -0.25) is 14.8 Å². The number of hydrogen-bond donors (Lipinski definition) is 2. The van der Waals surface area contributed by atoms with Gasteiger partial charge in [0.1, 0.15) is 5.69 Å². The Morgan fingerprint density at radius 3 is 1.25 bits per heavy atom. The second-order valence-corrected chi connectivity index (χ2v) is 17.1. The fourth-order valence-electron chi connectivity index (χ4n) is 6.22. The maximum atomic E-state index is 9.94. The van der Waals surface area contributed by atoms with Gasteiger partial charge >= 0.3 is 29.6 Å². The Balaban J connectivity index is 0.000000265. The van der Waals surface area contributed by atoms with Crippen LogP contribution >= 0.6 is 15.8 Å². The summed E-state index contributed by atoms with van der Waals surface area (Å²) in [4.78, 5) is 18.1. The van der Waals surface area contributed by atoms with Crippen molar-refractivity contribution in [3.8, 4) is 0 Å². The molecule has 0 aliphatic heterocycles. The van der Waals surface area contributed by atoms with Gasteiger partial charge in [-0.25, -0.2) is 0 Å². The van der Waals surface area contributed by atoms with E-state index in [1.165, 1.54) is 43.0 Å². The average Bonchev–Trinajstić information content (AvgIpc) is 3.30. The van der Waals surface area contributed by atoms with Crippen LogP contribution in [0.4, 0.5) is 0 Å². The van der Waals surface area contributed by atoms with Gasteiger partial charge in [0.05, 0.1) is 5.69 Å². The summed E-state index contributed by atoms with van der Waals surface area (Å²) >= 11 is 0. The summed E-state index contributed by atoms with van der Waals surface area (Å²) in [5.74, 6) is 0. The molecule has 0 fully saturated rings. The summed E-state index contributed by atoms with van der Waals surface area (Å²) in [7, 11) is -1.15. The third-order valence-corrected chi connectivity index (χ3v) is 14.0. The molecule has 3 radical (unpaired) electrons. The van der Waals surface area contributed by atoms with Gasteiger partial charge in [-0.05, 0) is 83.1 Å². The fraction of sp³-hybridized carbons (Fsp3) is 0.0600. The minimum atomic E-state index is -0.593. The van der Waals surface area contributed by atoms with E-state index in [1.807, 2.05) is 18.3 Å². The zero-order chi connectivity index (χ0) is 39.3. The molecule has 2 aromatic heterocycles. The molecular formula is C50H47BN4NaOP2. The molecule has 0 bridgehead atoms. The second-order valence-electron chi connectivity index (χ2n) is 12.8. The predicted molar refractivity (Wildman–Crippen MR) is 249 cm³/mol. The maximum absolute atomic E-state index is 9.94.